The lowest BCUT2D eigenvalue weighted by molar-refractivity contribution is -0.141. The molecule has 0 radical (unpaired) electrons. The summed E-state index contributed by atoms with van der Waals surface area (Å²) in [6.45, 7) is 0. The zero-order valence-electron chi connectivity index (χ0n) is 11.7. The molecule has 1 aliphatic carbocycles. The van der Waals surface area contributed by atoms with E-state index in [0.29, 0.717) is 22.9 Å². The molecule has 0 bridgehead atoms. The van der Waals surface area contributed by atoms with Gasteiger partial charge in [-0.2, -0.15) is 0 Å². The minimum Gasteiger partial charge on any atom is -0.480 e. The number of carboxylic acid groups (broad SMARTS) is 1. The summed E-state index contributed by atoms with van der Waals surface area (Å²) in [4.78, 5) is 25.9. The number of halogens is 1. The molecule has 0 unspecified atom stereocenters. The molecule has 1 aromatic rings. The van der Waals surface area contributed by atoms with Gasteiger partial charge in [-0.15, -0.1) is 0 Å². The summed E-state index contributed by atoms with van der Waals surface area (Å²) in [6, 6.07) is 6.04. The number of fused-ring (bicyclic) bond motifs is 1. The predicted octanol–water partition coefficient (Wildman–Crippen LogP) is 3.20. The van der Waals surface area contributed by atoms with Crippen LogP contribution < -0.4 is 0 Å². The fourth-order valence-corrected chi connectivity index (χ4v) is 3.84. The van der Waals surface area contributed by atoms with Crippen LogP contribution in [0, 0.1) is 5.92 Å². The molecule has 4 nitrogen and oxygen atoms in total. The number of hydrogen-bond acceptors (Lipinski definition) is 2. The van der Waals surface area contributed by atoms with Crippen LogP contribution in [0.5, 0.6) is 0 Å². The average molecular weight is 308 g/mol. The van der Waals surface area contributed by atoms with Gasteiger partial charge in [-0.05, 0) is 49.4 Å². The molecular formula is C16H18ClNO3. The molecule has 1 amide bonds. The minimum atomic E-state index is -0.897. The highest BCUT2D eigenvalue weighted by atomic mass is 35.5. The maximum atomic E-state index is 12.7. The summed E-state index contributed by atoms with van der Waals surface area (Å²) in [7, 11) is 0. The molecule has 21 heavy (non-hydrogen) atoms. The number of carbonyl (C=O) groups excluding carboxylic acids is 1. The first-order valence-corrected chi connectivity index (χ1v) is 7.77. The molecule has 112 valence electrons. The lowest BCUT2D eigenvalue weighted by Gasteiger charge is -2.33. The monoisotopic (exact) mass is 307 g/mol. The van der Waals surface area contributed by atoms with E-state index in [-0.39, 0.29) is 11.9 Å². The van der Waals surface area contributed by atoms with Crippen molar-refractivity contribution in [1.82, 2.24) is 4.90 Å². The van der Waals surface area contributed by atoms with Gasteiger partial charge >= 0.3 is 5.97 Å². The fourth-order valence-electron chi connectivity index (χ4n) is 3.71. The molecule has 0 spiro atoms. The van der Waals surface area contributed by atoms with Gasteiger partial charge in [0.2, 0.25) is 0 Å². The van der Waals surface area contributed by atoms with E-state index in [4.69, 9.17) is 11.6 Å². The third-order valence-corrected chi connectivity index (χ3v) is 4.95. The highest BCUT2D eigenvalue weighted by Gasteiger charge is 2.47. The third kappa shape index (κ3) is 2.64. The van der Waals surface area contributed by atoms with Crippen LogP contribution in [0.15, 0.2) is 24.3 Å². The van der Waals surface area contributed by atoms with E-state index in [0.717, 1.165) is 25.7 Å². The summed E-state index contributed by atoms with van der Waals surface area (Å²) in [5.74, 6) is -0.753. The molecule has 2 fully saturated rings. The fraction of sp³-hybridized carbons (Fsp3) is 0.500. The molecule has 1 heterocycles. The van der Waals surface area contributed by atoms with Gasteiger partial charge in [0.1, 0.15) is 6.04 Å². The normalized spacial score (nSPS) is 28.2. The van der Waals surface area contributed by atoms with Gasteiger partial charge in [-0.1, -0.05) is 24.4 Å². The summed E-state index contributed by atoms with van der Waals surface area (Å²) in [5, 5.41) is 10.0. The van der Waals surface area contributed by atoms with Crippen molar-refractivity contribution < 1.29 is 14.7 Å². The SMILES string of the molecule is O=C(O)[C@H]1C[C@@H]2CCCC[C@@H]2N1C(=O)c1ccc(Cl)cc1. The van der Waals surface area contributed by atoms with Crippen molar-refractivity contribution in [2.45, 2.75) is 44.2 Å². The van der Waals surface area contributed by atoms with Crippen LogP contribution in [0.1, 0.15) is 42.5 Å². The lowest BCUT2D eigenvalue weighted by atomic mass is 9.84. The van der Waals surface area contributed by atoms with E-state index in [2.05, 4.69) is 0 Å². The second kappa shape index (κ2) is 5.68. The van der Waals surface area contributed by atoms with Gasteiger partial charge in [0, 0.05) is 16.6 Å². The predicted molar refractivity (Wildman–Crippen MR) is 79.4 cm³/mol. The average Bonchev–Trinajstić information content (AvgIpc) is 2.87. The van der Waals surface area contributed by atoms with Crippen molar-refractivity contribution in [3.05, 3.63) is 34.9 Å². The zero-order chi connectivity index (χ0) is 15.0. The van der Waals surface area contributed by atoms with Crippen LogP contribution >= 0.6 is 11.6 Å². The first-order valence-electron chi connectivity index (χ1n) is 7.39. The van der Waals surface area contributed by atoms with Crippen LogP contribution in [0.3, 0.4) is 0 Å². The molecule has 2 aliphatic rings. The van der Waals surface area contributed by atoms with Gasteiger partial charge in [-0.3, -0.25) is 4.79 Å². The second-order valence-electron chi connectivity index (χ2n) is 5.92. The highest BCUT2D eigenvalue weighted by molar-refractivity contribution is 6.30. The Kier molecular flexibility index (Phi) is 3.89. The summed E-state index contributed by atoms with van der Waals surface area (Å²) < 4.78 is 0. The maximum Gasteiger partial charge on any atom is 0.326 e. The van der Waals surface area contributed by atoms with Crippen molar-refractivity contribution in [1.29, 1.82) is 0 Å². The Bertz CT molecular complexity index is 557. The number of likely N-dealkylation sites (tertiary alicyclic amines) is 1. The van der Waals surface area contributed by atoms with Gasteiger partial charge in [0.05, 0.1) is 0 Å². The van der Waals surface area contributed by atoms with Crippen molar-refractivity contribution in [2.75, 3.05) is 0 Å². The first-order chi connectivity index (χ1) is 10.1. The Morgan fingerprint density at radius 3 is 2.48 bits per heavy atom. The van der Waals surface area contributed by atoms with Crippen LogP contribution in [0.4, 0.5) is 0 Å². The Labute approximate surface area is 128 Å². The molecular weight excluding hydrogens is 290 g/mol. The number of carboxylic acids is 1. The van der Waals surface area contributed by atoms with Gasteiger partial charge in [0.15, 0.2) is 0 Å². The van der Waals surface area contributed by atoms with Crippen molar-refractivity contribution in [3.63, 3.8) is 0 Å². The van der Waals surface area contributed by atoms with Gasteiger partial charge < -0.3 is 10.0 Å². The maximum absolute atomic E-state index is 12.7. The van der Waals surface area contributed by atoms with E-state index in [1.165, 1.54) is 0 Å². The Morgan fingerprint density at radius 2 is 1.81 bits per heavy atom. The van der Waals surface area contributed by atoms with Crippen LogP contribution in [-0.2, 0) is 4.79 Å². The van der Waals surface area contributed by atoms with Crippen LogP contribution in [0.25, 0.3) is 0 Å². The standard InChI is InChI=1S/C16H18ClNO3/c17-12-7-5-10(6-8-12)15(19)18-13-4-2-1-3-11(13)9-14(18)16(20)21/h5-8,11,13-14H,1-4,9H2,(H,20,21)/t11-,13-,14+/m0/s1. The Morgan fingerprint density at radius 1 is 1.14 bits per heavy atom. The Balaban J connectivity index is 1.90. The summed E-state index contributed by atoms with van der Waals surface area (Å²) in [6.07, 6.45) is 4.72. The van der Waals surface area contributed by atoms with E-state index in [1.54, 1.807) is 29.2 Å². The molecule has 1 saturated heterocycles. The molecule has 1 N–H and O–H groups in total. The number of benzene rings is 1. The molecule has 0 aromatic heterocycles. The number of nitrogens with zero attached hydrogens (tertiary/aromatic N) is 1. The van der Waals surface area contributed by atoms with E-state index < -0.39 is 12.0 Å². The van der Waals surface area contributed by atoms with Gasteiger partial charge in [0.25, 0.3) is 5.91 Å². The number of rotatable bonds is 2. The summed E-state index contributed by atoms with van der Waals surface area (Å²) >= 11 is 5.85. The smallest absolute Gasteiger partial charge is 0.326 e. The van der Waals surface area contributed by atoms with Crippen molar-refractivity contribution >= 4 is 23.5 Å². The third-order valence-electron chi connectivity index (χ3n) is 4.70. The lowest BCUT2D eigenvalue weighted by Crippen LogP contribution is -2.46. The minimum absolute atomic E-state index is 0.0722. The molecule has 3 atom stereocenters. The molecule has 5 heteroatoms. The quantitative estimate of drug-likeness (QED) is 0.913. The van der Waals surface area contributed by atoms with E-state index >= 15 is 0 Å². The summed E-state index contributed by atoms with van der Waals surface area (Å²) in [5.41, 5.74) is 0.511. The Hall–Kier alpha value is -1.55. The zero-order valence-corrected chi connectivity index (χ0v) is 12.4. The van der Waals surface area contributed by atoms with Crippen molar-refractivity contribution in [2.24, 2.45) is 5.92 Å². The van der Waals surface area contributed by atoms with Crippen LogP contribution in [-0.4, -0.2) is 34.0 Å². The second-order valence-corrected chi connectivity index (χ2v) is 6.36. The van der Waals surface area contributed by atoms with E-state index in [1.807, 2.05) is 0 Å². The topological polar surface area (TPSA) is 57.6 Å². The van der Waals surface area contributed by atoms with Gasteiger partial charge in [-0.25, -0.2) is 4.79 Å². The number of aliphatic carboxylic acids is 1. The van der Waals surface area contributed by atoms with Crippen LogP contribution in [0.2, 0.25) is 5.02 Å². The first kappa shape index (κ1) is 14.4. The highest BCUT2D eigenvalue weighted by Crippen LogP contribution is 2.40. The molecule has 1 aromatic carbocycles. The largest absolute Gasteiger partial charge is 0.480 e. The number of hydrogen-bond donors (Lipinski definition) is 1. The molecule has 1 saturated carbocycles. The molecule has 1 aliphatic heterocycles. The molecule has 3 rings (SSSR count). The van der Waals surface area contributed by atoms with Crippen molar-refractivity contribution in [3.8, 4) is 0 Å². The van der Waals surface area contributed by atoms with E-state index in [9.17, 15) is 14.7 Å². The number of carbonyl (C=O) groups is 2. The number of amides is 1.